The van der Waals surface area contributed by atoms with Crippen molar-refractivity contribution >= 4 is 11.8 Å². The molecule has 0 bridgehead atoms. The van der Waals surface area contributed by atoms with Crippen molar-refractivity contribution in [1.82, 2.24) is 0 Å². The lowest BCUT2D eigenvalue weighted by atomic mass is 10.1. The summed E-state index contributed by atoms with van der Waals surface area (Å²) in [7, 11) is 0. The first kappa shape index (κ1) is 17.0. The molecule has 0 aliphatic carbocycles. The summed E-state index contributed by atoms with van der Waals surface area (Å²) in [5, 5.41) is 0. The van der Waals surface area contributed by atoms with Crippen LogP contribution in [0, 0.1) is 0 Å². The Morgan fingerprint density at radius 1 is 1.19 bits per heavy atom. The number of carbonyl (C=O) groups excluding carboxylic acids is 2. The number of ketones is 1. The van der Waals surface area contributed by atoms with Gasteiger partial charge in [-0.2, -0.15) is 0 Å². The van der Waals surface area contributed by atoms with Gasteiger partial charge in [-0.15, -0.1) is 13.2 Å². The zero-order valence-electron chi connectivity index (χ0n) is 11.4. The second-order valence-electron chi connectivity index (χ2n) is 4.22. The van der Waals surface area contributed by atoms with Crippen LogP contribution in [0.4, 0.5) is 13.2 Å². The molecule has 7 heteroatoms. The molecule has 0 radical (unpaired) electrons. The maximum atomic E-state index is 12.1. The molecule has 0 saturated carbocycles. The number of hydrogen-bond acceptors (Lipinski definition) is 4. The summed E-state index contributed by atoms with van der Waals surface area (Å²) in [6, 6.07) is 4.74. The number of halogens is 3. The Morgan fingerprint density at radius 3 is 2.52 bits per heavy atom. The predicted molar refractivity (Wildman–Crippen MR) is 67.9 cm³/mol. The minimum absolute atomic E-state index is 0.0556. The molecule has 0 saturated heterocycles. The van der Waals surface area contributed by atoms with Crippen LogP contribution in [0.3, 0.4) is 0 Å². The van der Waals surface area contributed by atoms with Gasteiger partial charge in [-0.25, -0.2) is 0 Å². The lowest BCUT2D eigenvalue weighted by Crippen LogP contribution is -2.17. The molecule has 0 atom stereocenters. The molecule has 21 heavy (non-hydrogen) atoms. The molecule has 4 nitrogen and oxygen atoms in total. The molecule has 0 aliphatic rings. The lowest BCUT2D eigenvalue weighted by Gasteiger charge is -2.09. The van der Waals surface area contributed by atoms with Crippen LogP contribution in [0.2, 0.25) is 0 Å². The number of alkyl halides is 3. The summed E-state index contributed by atoms with van der Waals surface area (Å²) in [6.07, 6.45) is -4.37. The van der Waals surface area contributed by atoms with Gasteiger partial charge < -0.3 is 9.47 Å². The first-order valence-corrected chi connectivity index (χ1v) is 6.36. The molecule has 0 heterocycles. The largest absolute Gasteiger partial charge is 0.573 e. The van der Waals surface area contributed by atoms with E-state index in [-0.39, 0.29) is 25.0 Å². The Labute approximate surface area is 119 Å². The summed E-state index contributed by atoms with van der Waals surface area (Å²) < 4.78 is 44.8. The molecule has 0 unspecified atom stereocenters. The number of benzene rings is 1. The van der Waals surface area contributed by atoms with Crippen LogP contribution in [-0.2, 0) is 9.53 Å². The fourth-order valence-electron chi connectivity index (χ4n) is 1.51. The summed E-state index contributed by atoms with van der Waals surface area (Å²) in [6.45, 7) is 2.12. The van der Waals surface area contributed by atoms with Crippen LogP contribution >= 0.6 is 0 Å². The highest BCUT2D eigenvalue weighted by molar-refractivity contribution is 5.97. The SMILES string of the molecule is CCCOC(=O)CCC(=O)c1cccc(OC(F)(F)F)c1. The van der Waals surface area contributed by atoms with E-state index in [0.717, 1.165) is 12.1 Å². The van der Waals surface area contributed by atoms with E-state index >= 15 is 0 Å². The molecule has 1 aromatic rings. The molecule has 1 rings (SSSR count). The molecule has 0 spiro atoms. The molecule has 0 N–H and O–H groups in total. The topological polar surface area (TPSA) is 52.6 Å². The zero-order valence-corrected chi connectivity index (χ0v) is 11.4. The van der Waals surface area contributed by atoms with E-state index in [1.165, 1.54) is 12.1 Å². The van der Waals surface area contributed by atoms with Gasteiger partial charge in [-0.3, -0.25) is 9.59 Å². The van der Waals surface area contributed by atoms with Gasteiger partial charge in [0.15, 0.2) is 5.78 Å². The third kappa shape index (κ3) is 6.78. The normalized spacial score (nSPS) is 11.0. The second-order valence-corrected chi connectivity index (χ2v) is 4.22. The van der Waals surface area contributed by atoms with E-state index in [4.69, 9.17) is 4.74 Å². The Kier molecular flexibility index (Phi) is 6.20. The average Bonchev–Trinajstić information content (AvgIpc) is 2.40. The predicted octanol–water partition coefficient (Wildman–Crippen LogP) is 3.50. The first-order valence-electron chi connectivity index (χ1n) is 6.36. The van der Waals surface area contributed by atoms with Crippen molar-refractivity contribution in [2.45, 2.75) is 32.5 Å². The van der Waals surface area contributed by atoms with Crippen molar-refractivity contribution in [2.24, 2.45) is 0 Å². The maximum Gasteiger partial charge on any atom is 0.573 e. The quantitative estimate of drug-likeness (QED) is 0.571. The van der Waals surface area contributed by atoms with Crippen LogP contribution in [-0.4, -0.2) is 24.7 Å². The zero-order chi connectivity index (χ0) is 15.9. The number of carbonyl (C=O) groups is 2. The van der Waals surface area contributed by atoms with Crippen molar-refractivity contribution in [1.29, 1.82) is 0 Å². The Balaban J connectivity index is 2.58. The van der Waals surface area contributed by atoms with Gasteiger partial charge in [0.1, 0.15) is 5.75 Å². The highest BCUT2D eigenvalue weighted by atomic mass is 19.4. The third-order valence-electron chi connectivity index (χ3n) is 2.41. The fourth-order valence-corrected chi connectivity index (χ4v) is 1.51. The first-order chi connectivity index (χ1) is 9.81. The van der Waals surface area contributed by atoms with E-state index in [1.807, 2.05) is 6.92 Å². The highest BCUT2D eigenvalue weighted by Gasteiger charge is 2.31. The van der Waals surface area contributed by atoms with E-state index < -0.39 is 23.9 Å². The Morgan fingerprint density at radius 2 is 1.90 bits per heavy atom. The summed E-state index contributed by atoms with van der Waals surface area (Å²) in [5.74, 6) is -1.43. The summed E-state index contributed by atoms with van der Waals surface area (Å²) in [4.78, 5) is 23.0. The second kappa shape index (κ2) is 7.66. The molecule has 1 aromatic carbocycles. The van der Waals surface area contributed by atoms with Crippen molar-refractivity contribution in [3.63, 3.8) is 0 Å². The van der Waals surface area contributed by atoms with Gasteiger partial charge >= 0.3 is 12.3 Å². The molecule has 0 aromatic heterocycles. The monoisotopic (exact) mass is 304 g/mol. The van der Waals surface area contributed by atoms with Gasteiger partial charge in [0, 0.05) is 12.0 Å². The van der Waals surface area contributed by atoms with E-state index in [9.17, 15) is 22.8 Å². The number of hydrogen-bond donors (Lipinski definition) is 0. The van der Waals surface area contributed by atoms with Crippen LogP contribution in [0.5, 0.6) is 5.75 Å². The average molecular weight is 304 g/mol. The van der Waals surface area contributed by atoms with Crippen LogP contribution in [0.15, 0.2) is 24.3 Å². The Hall–Kier alpha value is -2.05. The van der Waals surface area contributed by atoms with Crippen molar-refractivity contribution in [3.05, 3.63) is 29.8 Å². The van der Waals surface area contributed by atoms with Gasteiger partial charge in [0.2, 0.25) is 0 Å². The molecular formula is C14H15F3O4. The van der Waals surface area contributed by atoms with Crippen LogP contribution < -0.4 is 4.74 Å². The number of Topliss-reactive ketones (excluding diaryl/α,β-unsaturated/α-hetero) is 1. The molecule has 0 amide bonds. The van der Waals surface area contributed by atoms with Crippen LogP contribution in [0.25, 0.3) is 0 Å². The molecular weight excluding hydrogens is 289 g/mol. The minimum atomic E-state index is -4.81. The van der Waals surface area contributed by atoms with E-state index in [1.54, 1.807) is 0 Å². The number of rotatable bonds is 7. The fraction of sp³-hybridized carbons (Fsp3) is 0.429. The van der Waals surface area contributed by atoms with Gasteiger partial charge in [-0.05, 0) is 18.6 Å². The molecule has 116 valence electrons. The summed E-state index contributed by atoms with van der Waals surface area (Å²) in [5.41, 5.74) is 0.0556. The smallest absolute Gasteiger partial charge is 0.466 e. The van der Waals surface area contributed by atoms with E-state index in [0.29, 0.717) is 6.42 Å². The highest BCUT2D eigenvalue weighted by Crippen LogP contribution is 2.23. The van der Waals surface area contributed by atoms with Gasteiger partial charge in [0.25, 0.3) is 0 Å². The minimum Gasteiger partial charge on any atom is -0.466 e. The van der Waals surface area contributed by atoms with Crippen LogP contribution in [0.1, 0.15) is 36.5 Å². The molecule has 0 aliphatic heterocycles. The number of esters is 1. The van der Waals surface area contributed by atoms with Crippen molar-refractivity contribution in [2.75, 3.05) is 6.61 Å². The van der Waals surface area contributed by atoms with E-state index in [2.05, 4.69) is 4.74 Å². The van der Waals surface area contributed by atoms with Gasteiger partial charge in [-0.1, -0.05) is 19.1 Å². The van der Waals surface area contributed by atoms with Crippen molar-refractivity contribution < 1.29 is 32.2 Å². The maximum absolute atomic E-state index is 12.1. The lowest BCUT2D eigenvalue weighted by molar-refractivity contribution is -0.274. The van der Waals surface area contributed by atoms with Crippen molar-refractivity contribution in [3.8, 4) is 5.75 Å². The molecule has 0 fully saturated rings. The third-order valence-corrected chi connectivity index (χ3v) is 2.41. The Bertz CT molecular complexity index is 497. The van der Waals surface area contributed by atoms with Gasteiger partial charge in [0.05, 0.1) is 13.0 Å². The summed E-state index contributed by atoms with van der Waals surface area (Å²) >= 11 is 0. The standard InChI is InChI=1S/C14H15F3O4/c1-2-8-20-13(19)7-6-12(18)10-4-3-5-11(9-10)21-14(15,16)17/h3-5,9H,2,6-8H2,1H3. The number of ether oxygens (including phenoxy) is 2.